The van der Waals surface area contributed by atoms with E-state index in [0.29, 0.717) is 41.4 Å². The van der Waals surface area contributed by atoms with Crippen LogP contribution in [0.15, 0.2) is 66.0 Å². The summed E-state index contributed by atoms with van der Waals surface area (Å²) in [5.41, 5.74) is 9.95. The van der Waals surface area contributed by atoms with Crippen LogP contribution in [-0.4, -0.2) is 30.5 Å². The number of rotatable bonds is 5. The van der Waals surface area contributed by atoms with E-state index < -0.39 is 0 Å². The van der Waals surface area contributed by atoms with Gasteiger partial charge in [0.15, 0.2) is 0 Å². The van der Waals surface area contributed by atoms with Crippen LogP contribution in [-0.2, 0) is 13.0 Å². The lowest BCUT2D eigenvalue weighted by Gasteiger charge is -2.27. The number of urea groups is 1. The van der Waals surface area contributed by atoms with E-state index in [1.54, 1.807) is 47.6 Å². The molecular weight excluding hydrogens is 480 g/mol. The van der Waals surface area contributed by atoms with E-state index in [1.165, 1.54) is 11.3 Å². The van der Waals surface area contributed by atoms with Crippen LogP contribution in [0.5, 0.6) is 5.75 Å². The second-order valence-corrected chi connectivity index (χ2v) is 10.2. The van der Waals surface area contributed by atoms with Gasteiger partial charge in [0.05, 0.1) is 23.4 Å². The second-order valence-electron chi connectivity index (χ2n) is 8.12. The number of nitrogens with zero attached hydrogens (tertiary/aromatic N) is 1. The van der Waals surface area contributed by atoms with Crippen LogP contribution < -0.4 is 21.1 Å². The molecule has 0 unspecified atom stereocenters. The van der Waals surface area contributed by atoms with Crippen LogP contribution in [0.3, 0.4) is 0 Å². The lowest BCUT2D eigenvalue weighted by atomic mass is 10.1. The van der Waals surface area contributed by atoms with Crippen LogP contribution >= 0.6 is 22.7 Å². The molecule has 5 rings (SSSR count). The van der Waals surface area contributed by atoms with Gasteiger partial charge in [0.2, 0.25) is 0 Å². The molecule has 2 aromatic carbocycles. The van der Waals surface area contributed by atoms with Crippen LogP contribution in [0.2, 0.25) is 0 Å². The van der Waals surface area contributed by atoms with Crippen molar-refractivity contribution < 1.29 is 14.3 Å². The van der Waals surface area contributed by atoms with Gasteiger partial charge in [-0.05, 0) is 71.5 Å². The molecule has 4 N–H and O–H groups in total. The third-order valence-electron chi connectivity index (χ3n) is 5.83. The lowest BCUT2D eigenvalue weighted by Crippen LogP contribution is -2.38. The smallest absolute Gasteiger partial charge is 0.322 e. The monoisotopic (exact) mass is 504 g/mol. The molecule has 0 saturated heterocycles. The first-order valence-corrected chi connectivity index (χ1v) is 12.8. The Kier molecular flexibility index (Phi) is 6.43. The van der Waals surface area contributed by atoms with E-state index in [-0.39, 0.29) is 11.9 Å². The second kappa shape index (κ2) is 9.81. The first-order chi connectivity index (χ1) is 17.0. The summed E-state index contributed by atoms with van der Waals surface area (Å²) < 4.78 is 5.16. The van der Waals surface area contributed by atoms with E-state index >= 15 is 0 Å². The first kappa shape index (κ1) is 22.9. The van der Waals surface area contributed by atoms with Crippen molar-refractivity contribution in [3.05, 3.63) is 81.4 Å². The minimum absolute atomic E-state index is 0.170. The summed E-state index contributed by atoms with van der Waals surface area (Å²) in [5.74, 6) is 0.531. The van der Waals surface area contributed by atoms with E-state index in [1.807, 2.05) is 41.8 Å². The molecule has 3 heterocycles. The number of nitrogens with two attached hydrogens (primary N) is 1. The van der Waals surface area contributed by atoms with Crippen LogP contribution in [0.1, 0.15) is 20.1 Å². The van der Waals surface area contributed by atoms with Crippen LogP contribution in [0.25, 0.3) is 10.4 Å². The highest BCUT2D eigenvalue weighted by Gasteiger charge is 2.25. The van der Waals surface area contributed by atoms with Crippen molar-refractivity contribution in [1.29, 1.82) is 0 Å². The van der Waals surface area contributed by atoms with E-state index in [4.69, 9.17) is 10.5 Å². The normalized spacial score (nSPS) is 12.7. The number of hydrogen-bond acceptors (Lipinski definition) is 6. The van der Waals surface area contributed by atoms with Gasteiger partial charge in [0.1, 0.15) is 5.75 Å². The number of fused-ring (bicyclic) bond motifs is 1. The number of ether oxygens (including phenoxy) is 1. The summed E-state index contributed by atoms with van der Waals surface area (Å²) >= 11 is 3.10. The summed E-state index contributed by atoms with van der Waals surface area (Å²) in [6.07, 6.45) is 0.708. The molecule has 1 aliphatic rings. The topological polar surface area (TPSA) is 96.7 Å². The summed E-state index contributed by atoms with van der Waals surface area (Å²) in [4.78, 5) is 30.4. The number of benzene rings is 2. The van der Waals surface area contributed by atoms with Crippen LogP contribution in [0.4, 0.5) is 21.9 Å². The van der Waals surface area contributed by atoms with Crippen molar-refractivity contribution in [3.63, 3.8) is 0 Å². The Labute approximate surface area is 211 Å². The highest BCUT2D eigenvalue weighted by molar-refractivity contribution is 7.14. The van der Waals surface area contributed by atoms with Crippen molar-refractivity contribution >= 4 is 51.7 Å². The Hall–Kier alpha value is -3.82. The van der Waals surface area contributed by atoms with Crippen molar-refractivity contribution in [3.8, 4) is 16.2 Å². The molecule has 3 amide bonds. The predicted octanol–water partition coefficient (Wildman–Crippen LogP) is 5.91. The highest BCUT2D eigenvalue weighted by Crippen LogP contribution is 2.32. The van der Waals surface area contributed by atoms with Crippen molar-refractivity contribution in [2.24, 2.45) is 0 Å². The number of carbonyl (C=O) groups excluding carboxylic acids is 2. The summed E-state index contributed by atoms with van der Waals surface area (Å²) in [7, 11) is 1.60. The van der Waals surface area contributed by atoms with Crippen LogP contribution in [0, 0.1) is 0 Å². The molecule has 9 heteroatoms. The molecule has 2 aromatic heterocycles. The molecule has 0 fully saturated rings. The molecule has 0 atom stereocenters. The van der Waals surface area contributed by atoms with Gasteiger partial charge in [-0.15, -0.1) is 22.7 Å². The fourth-order valence-corrected chi connectivity index (χ4v) is 5.72. The molecule has 0 aliphatic carbocycles. The zero-order valence-electron chi connectivity index (χ0n) is 19.0. The zero-order chi connectivity index (χ0) is 24.4. The molecular formula is C26H24N4O3S2. The largest absolute Gasteiger partial charge is 0.497 e. The molecule has 0 radical (unpaired) electrons. The Morgan fingerprint density at radius 1 is 1.06 bits per heavy atom. The number of amides is 3. The molecule has 178 valence electrons. The lowest BCUT2D eigenvalue weighted by molar-refractivity contribution is 0.103. The van der Waals surface area contributed by atoms with E-state index in [9.17, 15) is 9.59 Å². The van der Waals surface area contributed by atoms with Gasteiger partial charge in [0, 0.05) is 28.5 Å². The summed E-state index contributed by atoms with van der Waals surface area (Å²) in [6.45, 7) is 1.05. The van der Waals surface area contributed by atoms with Gasteiger partial charge < -0.3 is 26.0 Å². The van der Waals surface area contributed by atoms with Crippen molar-refractivity contribution in [2.45, 2.75) is 13.0 Å². The minimum Gasteiger partial charge on any atom is -0.497 e. The molecule has 0 bridgehead atoms. The number of carbonyl (C=O) groups is 2. The van der Waals surface area contributed by atoms with Gasteiger partial charge in [-0.1, -0.05) is 12.1 Å². The van der Waals surface area contributed by atoms with Crippen molar-refractivity contribution in [1.82, 2.24) is 4.90 Å². The Bertz CT molecular complexity index is 1360. The number of hydrogen-bond donors (Lipinski definition) is 3. The Morgan fingerprint density at radius 2 is 1.89 bits per heavy atom. The molecule has 7 nitrogen and oxygen atoms in total. The van der Waals surface area contributed by atoms with Gasteiger partial charge in [0.25, 0.3) is 5.91 Å². The zero-order valence-corrected chi connectivity index (χ0v) is 20.7. The number of methoxy groups -OCH3 is 1. The van der Waals surface area contributed by atoms with E-state index in [0.717, 1.165) is 26.6 Å². The predicted molar refractivity (Wildman–Crippen MR) is 143 cm³/mol. The maximum atomic E-state index is 13.0. The SMILES string of the molecule is COc1ccc(NC(=O)N2CCc3sc(C(=O)Nc4cc(-c5cccs5)ccc4N)cc3C2)cc1. The summed E-state index contributed by atoms with van der Waals surface area (Å²) in [5, 5.41) is 7.90. The minimum atomic E-state index is -0.200. The summed E-state index contributed by atoms with van der Waals surface area (Å²) in [6, 6.07) is 18.6. The Balaban J connectivity index is 1.26. The van der Waals surface area contributed by atoms with Gasteiger partial charge in [-0.2, -0.15) is 0 Å². The highest BCUT2D eigenvalue weighted by atomic mass is 32.1. The van der Waals surface area contributed by atoms with Gasteiger partial charge in [-0.25, -0.2) is 4.79 Å². The molecule has 35 heavy (non-hydrogen) atoms. The fraction of sp³-hybridized carbons (Fsp3) is 0.154. The first-order valence-electron chi connectivity index (χ1n) is 11.1. The maximum Gasteiger partial charge on any atom is 0.322 e. The van der Waals surface area contributed by atoms with Gasteiger partial charge in [-0.3, -0.25) is 4.79 Å². The number of anilines is 3. The van der Waals surface area contributed by atoms with Crippen molar-refractivity contribution in [2.75, 3.05) is 30.0 Å². The standard InChI is InChI=1S/C26H24N4O3S2/c1-33-19-7-5-18(6-8-19)28-26(32)30-11-10-23-17(15-30)14-24(35-23)25(31)29-21-13-16(4-9-20(21)27)22-3-2-12-34-22/h2-9,12-14H,10-11,15,27H2,1H3,(H,28,32)(H,29,31). The van der Waals surface area contributed by atoms with E-state index in [2.05, 4.69) is 10.6 Å². The molecule has 0 spiro atoms. The number of nitrogen functional groups attached to an aromatic ring is 1. The molecule has 0 saturated carbocycles. The third kappa shape index (κ3) is 5.01. The number of nitrogens with one attached hydrogen (secondary N) is 2. The Morgan fingerprint density at radius 3 is 2.63 bits per heavy atom. The fourth-order valence-electron chi connectivity index (χ4n) is 3.94. The average molecular weight is 505 g/mol. The maximum absolute atomic E-state index is 13.0. The molecule has 1 aliphatic heterocycles. The van der Waals surface area contributed by atoms with Gasteiger partial charge >= 0.3 is 6.03 Å². The molecule has 4 aromatic rings. The average Bonchev–Trinajstić information content (AvgIpc) is 3.56. The quantitative estimate of drug-likeness (QED) is 0.294. The number of thiophene rings is 2. The third-order valence-corrected chi connectivity index (χ3v) is 7.98.